The van der Waals surface area contributed by atoms with Crippen LogP contribution in [0, 0.1) is 0 Å². The van der Waals surface area contributed by atoms with Gasteiger partial charge in [-0.15, -0.1) is 0 Å². The second-order valence-electron chi connectivity index (χ2n) is 12.6. The Morgan fingerprint density at radius 1 is 0.750 bits per heavy atom. The quantitative estimate of drug-likeness (QED) is 0.0289. The summed E-state index contributed by atoms with van der Waals surface area (Å²) in [5, 5.41) is 8.79. The van der Waals surface area contributed by atoms with Crippen molar-refractivity contribution in [2.45, 2.75) is 135 Å². The molecule has 1 N–H and O–H groups in total. The van der Waals surface area contributed by atoms with E-state index in [-0.39, 0.29) is 32.7 Å². The van der Waals surface area contributed by atoms with Crippen LogP contribution in [-0.2, 0) is 32.7 Å². The molecule has 0 bridgehead atoms. The van der Waals surface area contributed by atoms with E-state index in [0.29, 0.717) is 23.9 Å². The molecule has 2 atom stereocenters. The lowest BCUT2D eigenvalue weighted by Crippen LogP contribution is -2.37. The minimum absolute atomic E-state index is 0.0513. The highest BCUT2D eigenvalue weighted by Crippen LogP contribution is 2.38. The molecule has 0 aromatic carbocycles. The normalized spacial score (nSPS) is 14.0. The molecular formula is C33H64NO9P. The summed E-state index contributed by atoms with van der Waals surface area (Å²) < 4.78 is 33.2. The molecular weight excluding hydrogens is 585 g/mol. The molecule has 260 valence electrons. The standard InChI is InChI=1S/C33H64NO9P/c1-5-6-7-8-9-10-11-12-13-14-15-16-17-18-21-24-32(36)40-29-31(43-33(37)25-22-19-20-23-27-35)30-42-44(38,39)41-28-26-34(2,3)4/h20,23,31,35H,5-19,21-22,24-30H2,1-4H3/b23-20+/t31-/m1/s1. The third-order valence-electron chi connectivity index (χ3n) is 7.17. The molecule has 0 amide bonds. The maximum Gasteiger partial charge on any atom is 0.306 e. The molecule has 10 nitrogen and oxygen atoms in total. The van der Waals surface area contributed by atoms with Gasteiger partial charge in [-0.2, -0.15) is 0 Å². The van der Waals surface area contributed by atoms with Gasteiger partial charge in [0.1, 0.15) is 19.8 Å². The maximum atomic E-state index is 12.3. The highest BCUT2D eigenvalue weighted by atomic mass is 31.2. The van der Waals surface area contributed by atoms with Gasteiger partial charge < -0.3 is 33.0 Å². The van der Waals surface area contributed by atoms with Gasteiger partial charge in [0.25, 0.3) is 7.82 Å². The molecule has 0 aliphatic heterocycles. The van der Waals surface area contributed by atoms with Crippen molar-refractivity contribution in [2.75, 3.05) is 54.1 Å². The number of hydrogen-bond donors (Lipinski definition) is 1. The maximum absolute atomic E-state index is 12.3. The second kappa shape index (κ2) is 28.0. The lowest BCUT2D eigenvalue weighted by molar-refractivity contribution is -0.870. The Balaban J connectivity index is 4.28. The SMILES string of the molecule is CCCCCCCCCCCCCCCCCC(=O)OC[C@H](COP(=O)([O-])OCC[N+](C)(C)C)OC(=O)CCC/C=C/CO. The van der Waals surface area contributed by atoms with E-state index in [9.17, 15) is 19.0 Å². The Morgan fingerprint density at radius 2 is 1.27 bits per heavy atom. The summed E-state index contributed by atoms with van der Waals surface area (Å²) in [5.74, 6) is -0.972. The van der Waals surface area contributed by atoms with Crippen molar-refractivity contribution in [3.8, 4) is 0 Å². The lowest BCUT2D eigenvalue weighted by Gasteiger charge is -2.28. The van der Waals surface area contributed by atoms with E-state index in [4.69, 9.17) is 23.6 Å². The number of carbonyl (C=O) groups excluding carboxylic acids is 2. The van der Waals surface area contributed by atoms with Gasteiger partial charge in [-0.25, -0.2) is 0 Å². The number of unbranched alkanes of at least 4 members (excludes halogenated alkanes) is 15. The van der Waals surface area contributed by atoms with E-state index in [1.807, 2.05) is 21.1 Å². The fraction of sp³-hybridized carbons (Fsp3) is 0.879. The first-order valence-corrected chi connectivity index (χ1v) is 18.5. The van der Waals surface area contributed by atoms with Crippen molar-refractivity contribution in [3.63, 3.8) is 0 Å². The Kier molecular flexibility index (Phi) is 27.2. The monoisotopic (exact) mass is 649 g/mol. The molecule has 0 fully saturated rings. The van der Waals surface area contributed by atoms with Gasteiger partial charge in [0, 0.05) is 12.8 Å². The number of esters is 2. The largest absolute Gasteiger partial charge is 0.756 e. The molecule has 0 aliphatic carbocycles. The first-order chi connectivity index (χ1) is 21.0. The molecule has 44 heavy (non-hydrogen) atoms. The van der Waals surface area contributed by atoms with Crippen molar-refractivity contribution >= 4 is 19.8 Å². The summed E-state index contributed by atoms with van der Waals surface area (Å²) in [7, 11) is 1.09. The summed E-state index contributed by atoms with van der Waals surface area (Å²) >= 11 is 0. The molecule has 0 saturated carbocycles. The van der Waals surface area contributed by atoms with Crippen LogP contribution < -0.4 is 4.89 Å². The number of phosphoric ester groups is 1. The summed E-state index contributed by atoms with van der Waals surface area (Å²) in [6, 6.07) is 0. The number of carbonyl (C=O) groups is 2. The van der Waals surface area contributed by atoms with Crippen molar-refractivity contribution < 1.29 is 47.2 Å². The summed E-state index contributed by atoms with van der Waals surface area (Å²) in [6.07, 6.45) is 22.3. The molecule has 0 radical (unpaired) electrons. The van der Waals surface area contributed by atoms with Gasteiger partial charge in [-0.1, -0.05) is 109 Å². The zero-order valence-electron chi connectivity index (χ0n) is 28.3. The first-order valence-electron chi connectivity index (χ1n) is 17.0. The fourth-order valence-corrected chi connectivity index (χ4v) is 5.18. The topological polar surface area (TPSA) is 131 Å². The molecule has 0 aromatic heterocycles. The van der Waals surface area contributed by atoms with Gasteiger partial charge in [-0.3, -0.25) is 14.2 Å². The summed E-state index contributed by atoms with van der Waals surface area (Å²) in [5.41, 5.74) is 0. The summed E-state index contributed by atoms with van der Waals surface area (Å²) in [6.45, 7) is 1.78. The third-order valence-corrected chi connectivity index (χ3v) is 8.13. The van der Waals surface area contributed by atoms with Crippen LogP contribution in [0.25, 0.3) is 0 Å². The average Bonchev–Trinajstić information content (AvgIpc) is 2.95. The number of nitrogens with zero attached hydrogens (tertiary/aromatic N) is 1. The van der Waals surface area contributed by atoms with Crippen LogP contribution in [0.15, 0.2) is 12.2 Å². The molecule has 0 aliphatic rings. The van der Waals surface area contributed by atoms with Crippen molar-refractivity contribution in [1.29, 1.82) is 0 Å². The number of likely N-dealkylation sites (N-methyl/N-ethyl adjacent to an activating group) is 1. The molecule has 0 saturated heterocycles. The Hall–Kier alpha value is -1.29. The van der Waals surface area contributed by atoms with Crippen LogP contribution in [-0.4, -0.2) is 81.7 Å². The van der Waals surface area contributed by atoms with Gasteiger partial charge in [0.2, 0.25) is 0 Å². The lowest BCUT2D eigenvalue weighted by atomic mass is 10.0. The van der Waals surface area contributed by atoms with E-state index >= 15 is 0 Å². The Morgan fingerprint density at radius 3 is 1.80 bits per heavy atom. The van der Waals surface area contributed by atoms with Crippen LogP contribution in [0.2, 0.25) is 0 Å². The van der Waals surface area contributed by atoms with E-state index < -0.39 is 32.5 Å². The smallest absolute Gasteiger partial charge is 0.306 e. The van der Waals surface area contributed by atoms with Crippen molar-refractivity contribution in [2.24, 2.45) is 0 Å². The number of ether oxygens (including phenoxy) is 2. The molecule has 0 heterocycles. The van der Waals surface area contributed by atoms with Gasteiger partial charge >= 0.3 is 11.9 Å². The van der Waals surface area contributed by atoms with Crippen LogP contribution in [0.4, 0.5) is 0 Å². The van der Waals surface area contributed by atoms with Crippen molar-refractivity contribution in [1.82, 2.24) is 0 Å². The molecule has 0 spiro atoms. The first kappa shape index (κ1) is 42.7. The van der Waals surface area contributed by atoms with Crippen LogP contribution in [0.1, 0.15) is 129 Å². The zero-order valence-corrected chi connectivity index (χ0v) is 29.2. The van der Waals surface area contributed by atoms with E-state index in [2.05, 4.69) is 6.92 Å². The second-order valence-corrected chi connectivity index (χ2v) is 14.0. The fourth-order valence-electron chi connectivity index (χ4n) is 4.45. The predicted octanol–water partition coefficient (Wildman–Crippen LogP) is 6.63. The molecule has 1 unspecified atom stereocenters. The Bertz CT molecular complexity index is 786. The van der Waals surface area contributed by atoms with Gasteiger partial charge in [-0.05, 0) is 19.3 Å². The molecule has 11 heteroatoms. The minimum Gasteiger partial charge on any atom is -0.756 e. The van der Waals surface area contributed by atoms with E-state index in [1.165, 1.54) is 77.0 Å². The predicted molar refractivity (Wildman–Crippen MR) is 173 cm³/mol. The van der Waals surface area contributed by atoms with Gasteiger partial charge in [0.05, 0.1) is 34.4 Å². The van der Waals surface area contributed by atoms with E-state index in [1.54, 1.807) is 12.2 Å². The number of aliphatic hydroxyl groups is 1. The van der Waals surface area contributed by atoms with E-state index in [0.717, 1.165) is 19.3 Å². The number of hydrogen-bond acceptors (Lipinski definition) is 9. The highest BCUT2D eigenvalue weighted by molar-refractivity contribution is 7.45. The highest BCUT2D eigenvalue weighted by Gasteiger charge is 2.21. The minimum atomic E-state index is -4.63. The van der Waals surface area contributed by atoms with Crippen molar-refractivity contribution in [3.05, 3.63) is 12.2 Å². The number of rotatable bonds is 31. The van der Waals surface area contributed by atoms with Crippen LogP contribution in [0.3, 0.4) is 0 Å². The number of phosphoric acid groups is 1. The third kappa shape index (κ3) is 30.7. The number of allylic oxidation sites excluding steroid dienone is 1. The molecule has 0 aromatic rings. The average molecular weight is 650 g/mol. The van der Waals surface area contributed by atoms with Crippen LogP contribution in [0.5, 0.6) is 0 Å². The van der Waals surface area contributed by atoms with Gasteiger partial charge in [0.15, 0.2) is 6.10 Å². The zero-order chi connectivity index (χ0) is 32.9. The molecule has 0 rings (SSSR count). The number of quaternary nitrogens is 1. The van der Waals surface area contributed by atoms with Crippen LogP contribution >= 0.6 is 7.82 Å². The number of aliphatic hydroxyl groups excluding tert-OH is 1. The summed E-state index contributed by atoms with van der Waals surface area (Å²) in [4.78, 5) is 36.8. The Labute approximate surface area is 268 Å².